The van der Waals surface area contributed by atoms with Crippen molar-refractivity contribution in [1.82, 2.24) is 14.8 Å². The number of hydrogen-bond acceptors (Lipinski definition) is 4. The molecule has 3 aromatic rings. The Hall–Kier alpha value is -2.40. The van der Waals surface area contributed by atoms with E-state index in [0.717, 1.165) is 22.2 Å². The molecule has 0 fully saturated rings. The summed E-state index contributed by atoms with van der Waals surface area (Å²) in [5, 5.41) is 16.1. The Labute approximate surface area is 122 Å². The van der Waals surface area contributed by atoms with Gasteiger partial charge < -0.3 is 9.84 Å². The maximum absolute atomic E-state index is 9.96. The minimum absolute atomic E-state index is 0.310. The molecule has 5 heteroatoms. The Morgan fingerprint density at radius 3 is 2.76 bits per heavy atom. The molecule has 2 aromatic carbocycles. The average molecular weight is 283 g/mol. The summed E-state index contributed by atoms with van der Waals surface area (Å²) < 4.78 is 7.63. The van der Waals surface area contributed by atoms with E-state index in [9.17, 15) is 5.11 Å². The molecule has 1 atom stereocenters. The van der Waals surface area contributed by atoms with Crippen LogP contribution in [0, 0.1) is 0 Å². The fourth-order valence-corrected chi connectivity index (χ4v) is 2.34. The largest absolute Gasteiger partial charge is 0.485 e. The Kier molecular flexibility index (Phi) is 3.58. The summed E-state index contributed by atoms with van der Waals surface area (Å²) in [5.41, 5.74) is 0.774. The predicted molar refractivity (Wildman–Crippen MR) is 79.9 cm³/mol. The standard InChI is InChI=1S/C16H17N3O2/c1-11(20)13-8-7-12-5-3-4-6-14(12)16(13)21-9-15-17-10-18-19(15)2/h3-8,10-11,20H,9H2,1-2H3/t11-/m1/s1. The first kappa shape index (κ1) is 13.6. The van der Waals surface area contributed by atoms with Gasteiger partial charge in [-0.1, -0.05) is 36.4 Å². The van der Waals surface area contributed by atoms with E-state index in [1.165, 1.54) is 6.33 Å². The van der Waals surface area contributed by atoms with Gasteiger partial charge in [0.05, 0.1) is 6.10 Å². The molecule has 1 aromatic heterocycles. The highest BCUT2D eigenvalue weighted by Gasteiger charge is 2.14. The molecule has 108 valence electrons. The smallest absolute Gasteiger partial charge is 0.164 e. The van der Waals surface area contributed by atoms with E-state index >= 15 is 0 Å². The molecule has 0 saturated heterocycles. The molecule has 0 unspecified atom stereocenters. The molecule has 0 spiro atoms. The van der Waals surface area contributed by atoms with Crippen LogP contribution in [0.1, 0.15) is 24.4 Å². The number of hydrogen-bond donors (Lipinski definition) is 1. The predicted octanol–water partition coefficient (Wildman–Crippen LogP) is 2.60. The van der Waals surface area contributed by atoms with Crippen LogP contribution in [0.15, 0.2) is 42.7 Å². The monoisotopic (exact) mass is 283 g/mol. The van der Waals surface area contributed by atoms with Crippen LogP contribution in [-0.4, -0.2) is 19.9 Å². The van der Waals surface area contributed by atoms with Crippen molar-refractivity contribution in [1.29, 1.82) is 0 Å². The molecular weight excluding hydrogens is 266 g/mol. The molecule has 5 nitrogen and oxygen atoms in total. The van der Waals surface area contributed by atoms with Gasteiger partial charge in [-0.25, -0.2) is 4.98 Å². The quantitative estimate of drug-likeness (QED) is 0.799. The maximum atomic E-state index is 9.96. The lowest BCUT2D eigenvalue weighted by atomic mass is 10.0. The SMILES string of the molecule is C[C@@H](O)c1ccc2ccccc2c1OCc1ncnn1C. The van der Waals surface area contributed by atoms with E-state index in [1.807, 2.05) is 43.4 Å². The van der Waals surface area contributed by atoms with Crippen LogP contribution in [0.2, 0.25) is 0 Å². The number of aliphatic hydroxyl groups is 1. The zero-order valence-electron chi connectivity index (χ0n) is 12.0. The molecule has 3 rings (SSSR count). The highest BCUT2D eigenvalue weighted by atomic mass is 16.5. The number of rotatable bonds is 4. The molecule has 0 amide bonds. The van der Waals surface area contributed by atoms with Crippen LogP contribution >= 0.6 is 0 Å². The van der Waals surface area contributed by atoms with Gasteiger partial charge in [-0.2, -0.15) is 5.10 Å². The molecule has 0 aliphatic carbocycles. The van der Waals surface area contributed by atoms with Gasteiger partial charge in [0.25, 0.3) is 0 Å². The number of benzene rings is 2. The molecule has 0 saturated carbocycles. The number of ether oxygens (including phenoxy) is 1. The topological polar surface area (TPSA) is 60.2 Å². The van der Waals surface area contributed by atoms with Crippen LogP contribution in [0.4, 0.5) is 0 Å². The fraction of sp³-hybridized carbons (Fsp3) is 0.250. The Bertz CT molecular complexity index is 765. The van der Waals surface area contributed by atoms with Gasteiger partial charge in [-0.05, 0) is 12.3 Å². The molecule has 0 radical (unpaired) electrons. The number of aliphatic hydroxyl groups excluding tert-OH is 1. The number of nitrogens with zero attached hydrogens (tertiary/aromatic N) is 3. The van der Waals surface area contributed by atoms with Crippen molar-refractivity contribution in [3.63, 3.8) is 0 Å². The molecule has 0 bridgehead atoms. The third kappa shape index (κ3) is 2.60. The Morgan fingerprint density at radius 2 is 2.05 bits per heavy atom. The minimum atomic E-state index is -0.593. The van der Waals surface area contributed by atoms with E-state index < -0.39 is 6.10 Å². The zero-order chi connectivity index (χ0) is 14.8. The van der Waals surface area contributed by atoms with Crippen LogP contribution in [0.25, 0.3) is 10.8 Å². The van der Waals surface area contributed by atoms with E-state index in [-0.39, 0.29) is 0 Å². The Morgan fingerprint density at radius 1 is 1.24 bits per heavy atom. The van der Waals surface area contributed by atoms with E-state index in [2.05, 4.69) is 10.1 Å². The van der Waals surface area contributed by atoms with Crippen molar-refractivity contribution in [3.8, 4) is 5.75 Å². The normalized spacial score (nSPS) is 12.5. The fourth-order valence-electron chi connectivity index (χ4n) is 2.34. The van der Waals surface area contributed by atoms with Gasteiger partial charge in [0.2, 0.25) is 0 Å². The lowest BCUT2D eigenvalue weighted by Gasteiger charge is -2.16. The number of fused-ring (bicyclic) bond motifs is 1. The van der Waals surface area contributed by atoms with Gasteiger partial charge >= 0.3 is 0 Å². The van der Waals surface area contributed by atoms with E-state index in [1.54, 1.807) is 11.6 Å². The van der Waals surface area contributed by atoms with Gasteiger partial charge in [-0.3, -0.25) is 4.68 Å². The molecule has 0 aliphatic heterocycles. The van der Waals surface area contributed by atoms with Crippen LogP contribution in [-0.2, 0) is 13.7 Å². The number of aryl methyl sites for hydroxylation is 1. The summed E-state index contributed by atoms with van der Waals surface area (Å²) in [6.07, 6.45) is 0.904. The van der Waals surface area contributed by atoms with Crippen molar-refractivity contribution in [2.24, 2.45) is 7.05 Å². The average Bonchev–Trinajstić information content (AvgIpc) is 2.89. The molecule has 1 N–H and O–H groups in total. The van der Waals surface area contributed by atoms with Crippen LogP contribution in [0.5, 0.6) is 5.75 Å². The van der Waals surface area contributed by atoms with Crippen molar-refractivity contribution in [3.05, 3.63) is 54.1 Å². The highest BCUT2D eigenvalue weighted by molar-refractivity contribution is 5.89. The molecule has 0 aliphatic rings. The second-order valence-corrected chi connectivity index (χ2v) is 4.97. The second-order valence-electron chi connectivity index (χ2n) is 4.97. The summed E-state index contributed by atoms with van der Waals surface area (Å²) in [6, 6.07) is 11.9. The first-order valence-electron chi connectivity index (χ1n) is 6.82. The summed E-state index contributed by atoms with van der Waals surface area (Å²) in [5.74, 6) is 1.44. The summed E-state index contributed by atoms with van der Waals surface area (Å²) in [7, 11) is 1.82. The van der Waals surface area contributed by atoms with Gasteiger partial charge in [0, 0.05) is 18.0 Å². The zero-order valence-corrected chi connectivity index (χ0v) is 12.0. The van der Waals surface area contributed by atoms with Gasteiger partial charge in [0.15, 0.2) is 5.82 Å². The highest BCUT2D eigenvalue weighted by Crippen LogP contribution is 2.34. The molecular formula is C16H17N3O2. The van der Waals surface area contributed by atoms with Crippen molar-refractivity contribution < 1.29 is 9.84 Å². The molecule has 1 heterocycles. The summed E-state index contributed by atoms with van der Waals surface area (Å²) in [4.78, 5) is 4.15. The van der Waals surface area contributed by atoms with E-state index in [4.69, 9.17) is 4.74 Å². The van der Waals surface area contributed by atoms with Gasteiger partial charge in [0.1, 0.15) is 18.7 Å². The summed E-state index contributed by atoms with van der Waals surface area (Å²) in [6.45, 7) is 2.05. The lowest BCUT2D eigenvalue weighted by Crippen LogP contribution is -2.07. The third-order valence-corrected chi connectivity index (χ3v) is 3.51. The number of aromatic nitrogens is 3. The van der Waals surface area contributed by atoms with Crippen molar-refractivity contribution >= 4 is 10.8 Å². The van der Waals surface area contributed by atoms with Crippen LogP contribution in [0.3, 0.4) is 0 Å². The first-order valence-corrected chi connectivity index (χ1v) is 6.82. The third-order valence-electron chi connectivity index (χ3n) is 3.51. The second kappa shape index (κ2) is 5.54. The van der Waals surface area contributed by atoms with Crippen molar-refractivity contribution in [2.75, 3.05) is 0 Å². The first-order chi connectivity index (χ1) is 10.2. The molecule has 21 heavy (non-hydrogen) atoms. The van der Waals surface area contributed by atoms with Crippen LogP contribution < -0.4 is 4.74 Å². The lowest BCUT2D eigenvalue weighted by molar-refractivity contribution is 0.190. The summed E-state index contributed by atoms with van der Waals surface area (Å²) >= 11 is 0. The van der Waals surface area contributed by atoms with E-state index in [0.29, 0.717) is 12.4 Å². The Balaban J connectivity index is 2.02. The van der Waals surface area contributed by atoms with Crippen molar-refractivity contribution in [2.45, 2.75) is 19.6 Å². The van der Waals surface area contributed by atoms with Gasteiger partial charge in [-0.15, -0.1) is 0 Å². The minimum Gasteiger partial charge on any atom is -0.485 e. The maximum Gasteiger partial charge on any atom is 0.164 e.